The zero-order chi connectivity index (χ0) is 14.1. The van der Waals surface area contributed by atoms with Crippen molar-refractivity contribution in [2.45, 2.75) is 44.7 Å². The van der Waals surface area contributed by atoms with E-state index in [4.69, 9.17) is 5.11 Å². The Morgan fingerprint density at radius 3 is 2.33 bits per heavy atom. The number of aromatic nitrogens is 2. The van der Waals surface area contributed by atoms with Gasteiger partial charge in [0.25, 0.3) is 0 Å². The molecule has 7 heteroatoms. The molecule has 0 aliphatic rings. The van der Waals surface area contributed by atoms with E-state index in [0.29, 0.717) is 0 Å². The molecular formula is C11H18N2O4S. The Morgan fingerprint density at radius 2 is 1.94 bits per heavy atom. The molecule has 0 saturated carbocycles. The van der Waals surface area contributed by atoms with Gasteiger partial charge >= 0.3 is 5.97 Å². The summed E-state index contributed by atoms with van der Waals surface area (Å²) >= 11 is 0. The second kappa shape index (κ2) is 5.09. The number of nitrogens with zero attached hydrogens (tertiary/aromatic N) is 2. The van der Waals surface area contributed by atoms with Crippen molar-refractivity contribution in [2.24, 2.45) is 0 Å². The maximum Gasteiger partial charge on any atom is 0.354 e. The fourth-order valence-electron chi connectivity index (χ4n) is 1.59. The highest BCUT2D eigenvalue weighted by Crippen LogP contribution is 2.17. The number of imidazole rings is 1. The summed E-state index contributed by atoms with van der Waals surface area (Å²) in [5.41, 5.74) is 0.0129. The predicted octanol–water partition coefficient (Wildman–Crippen LogP) is 1.49. The minimum absolute atomic E-state index is 0.0129. The molecule has 0 bridgehead atoms. The number of sulfone groups is 1. The highest BCUT2D eigenvalue weighted by Gasteiger charge is 2.24. The summed E-state index contributed by atoms with van der Waals surface area (Å²) in [6.07, 6.45) is 1.20. The number of hydrogen-bond acceptors (Lipinski definition) is 4. The molecule has 102 valence electrons. The van der Waals surface area contributed by atoms with Crippen molar-refractivity contribution < 1.29 is 18.3 Å². The summed E-state index contributed by atoms with van der Waals surface area (Å²) in [7, 11) is -3.30. The molecule has 1 N–H and O–H groups in total. The average Bonchev–Trinajstić information content (AvgIpc) is 2.60. The minimum atomic E-state index is -3.30. The molecule has 0 fully saturated rings. The van der Waals surface area contributed by atoms with Crippen LogP contribution < -0.4 is 0 Å². The van der Waals surface area contributed by atoms with Crippen LogP contribution >= 0.6 is 0 Å². The maximum atomic E-state index is 11.9. The van der Waals surface area contributed by atoms with E-state index in [9.17, 15) is 13.2 Å². The number of carbonyl (C=O) groups is 1. The lowest BCUT2D eigenvalue weighted by Gasteiger charge is -2.14. The molecule has 1 heterocycles. The number of hydrogen-bond donors (Lipinski definition) is 1. The van der Waals surface area contributed by atoms with Crippen molar-refractivity contribution in [3.05, 3.63) is 17.7 Å². The molecule has 1 aromatic rings. The molecule has 0 aromatic carbocycles. The van der Waals surface area contributed by atoms with E-state index in [1.54, 1.807) is 27.7 Å². The van der Waals surface area contributed by atoms with Crippen LogP contribution in [0.1, 0.15) is 50.0 Å². The molecule has 0 saturated heterocycles. The van der Waals surface area contributed by atoms with Gasteiger partial charge < -0.3 is 9.67 Å². The number of carboxylic acids is 1. The van der Waals surface area contributed by atoms with Crippen LogP contribution in [0.3, 0.4) is 0 Å². The standard InChI is InChI=1S/C11H18N2O4S/c1-7(2)13-9(11(14)15)5-12-10(13)6-18(16,17)8(3)4/h5,7-8H,6H2,1-4H3,(H,14,15). The van der Waals surface area contributed by atoms with Gasteiger partial charge in [0.1, 0.15) is 17.3 Å². The first-order valence-electron chi connectivity index (χ1n) is 5.67. The molecule has 0 aliphatic carbocycles. The van der Waals surface area contributed by atoms with E-state index in [0.717, 1.165) is 0 Å². The Bertz CT molecular complexity index is 543. The van der Waals surface area contributed by atoms with Gasteiger partial charge in [0.15, 0.2) is 9.84 Å². The van der Waals surface area contributed by atoms with Crippen LogP contribution in [0.4, 0.5) is 0 Å². The van der Waals surface area contributed by atoms with Crippen LogP contribution in [-0.4, -0.2) is 34.3 Å². The Hall–Kier alpha value is -1.37. The molecular weight excluding hydrogens is 256 g/mol. The third kappa shape index (κ3) is 2.90. The summed E-state index contributed by atoms with van der Waals surface area (Å²) in [5, 5.41) is 8.51. The fraction of sp³-hybridized carbons (Fsp3) is 0.636. The second-order valence-corrected chi connectivity index (χ2v) is 7.24. The van der Waals surface area contributed by atoms with Crippen LogP contribution in [0.15, 0.2) is 6.20 Å². The quantitative estimate of drug-likeness (QED) is 0.878. The van der Waals surface area contributed by atoms with Crippen LogP contribution in [0.2, 0.25) is 0 Å². The molecule has 0 atom stereocenters. The van der Waals surface area contributed by atoms with Gasteiger partial charge in [-0.05, 0) is 27.7 Å². The second-order valence-electron chi connectivity index (χ2n) is 4.68. The van der Waals surface area contributed by atoms with Crippen molar-refractivity contribution in [1.29, 1.82) is 0 Å². The number of carboxylic acid groups (broad SMARTS) is 1. The summed E-state index contributed by atoms with van der Waals surface area (Å²) in [5.74, 6) is -1.07. The molecule has 18 heavy (non-hydrogen) atoms. The highest BCUT2D eigenvalue weighted by molar-refractivity contribution is 7.91. The molecule has 1 rings (SSSR count). The third-order valence-corrected chi connectivity index (χ3v) is 4.75. The van der Waals surface area contributed by atoms with Crippen LogP contribution in [-0.2, 0) is 15.6 Å². The monoisotopic (exact) mass is 274 g/mol. The Labute approximate surface area is 107 Å². The molecule has 0 unspecified atom stereocenters. The SMILES string of the molecule is CC(C)n1c(C(=O)O)cnc1CS(=O)(=O)C(C)C. The lowest BCUT2D eigenvalue weighted by molar-refractivity contribution is 0.0683. The zero-order valence-corrected chi connectivity index (χ0v) is 11.7. The number of rotatable bonds is 5. The third-order valence-electron chi connectivity index (χ3n) is 2.66. The van der Waals surface area contributed by atoms with Crippen molar-refractivity contribution in [2.75, 3.05) is 0 Å². The van der Waals surface area contributed by atoms with Crippen LogP contribution in [0, 0.1) is 0 Å². The van der Waals surface area contributed by atoms with Gasteiger partial charge in [-0.2, -0.15) is 0 Å². The van der Waals surface area contributed by atoms with Gasteiger partial charge in [0.2, 0.25) is 0 Å². The minimum Gasteiger partial charge on any atom is -0.477 e. The normalized spacial score (nSPS) is 12.3. The molecule has 6 nitrogen and oxygen atoms in total. The van der Waals surface area contributed by atoms with Crippen LogP contribution in [0.5, 0.6) is 0 Å². The van der Waals surface area contributed by atoms with Gasteiger partial charge in [-0.1, -0.05) is 0 Å². The van der Waals surface area contributed by atoms with E-state index in [2.05, 4.69) is 4.98 Å². The Balaban J connectivity index is 3.23. The van der Waals surface area contributed by atoms with Gasteiger partial charge in [-0.15, -0.1) is 0 Å². The average molecular weight is 274 g/mol. The van der Waals surface area contributed by atoms with Gasteiger partial charge in [0, 0.05) is 6.04 Å². The first-order chi connectivity index (χ1) is 8.16. The Kier molecular flexibility index (Phi) is 4.16. The topological polar surface area (TPSA) is 89.3 Å². The van der Waals surface area contributed by atoms with Gasteiger partial charge in [0.05, 0.1) is 11.4 Å². The molecule has 0 amide bonds. The maximum absolute atomic E-state index is 11.9. The van der Waals surface area contributed by atoms with Gasteiger partial charge in [-0.3, -0.25) is 0 Å². The largest absolute Gasteiger partial charge is 0.477 e. The first kappa shape index (κ1) is 14.7. The molecule has 1 aromatic heterocycles. The Morgan fingerprint density at radius 1 is 1.39 bits per heavy atom. The van der Waals surface area contributed by atoms with E-state index in [1.807, 2.05) is 0 Å². The highest BCUT2D eigenvalue weighted by atomic mass is 32.2. The summed E-state index contributed by atoms with van der Waals surface area (Å²) < 4.78 is 25.2. The lowest BCUT2D eigenvalue weighted by atomic mass is 10.3. The molecule has 0 spiro atoms. The van der Waals surface area contributed by atoms with E-state index in [-0.39, 0.29) is 23.3 Å². The van der Waals surface area contributed by atoms with Gasteiger partial charge in [-0.25, -0.2) is 18.2 Å². The smallest absolute Gasteiger partial charge is 0.354 e. The summed E-state index contributed by atoms with van der Waals surface area (Å²) in [6.45, 7) is 6.77. The lowest BCUT2D eigenvalue weighted by Crippen LogP contribution is -2.21. The van der Waals surface area contributed by atoms with Crippen molar-refractivity contribution in [3.8, 4) is 0 Å². The van der Waals surface area contributed by atoms with Crippen molar-refractivity contribution in [3.63, 3.8) is 0 Å². The van der Waals surface area contributed by atoms with Crippen molar-refractivity contribution in [1.82, 2.24) is 9.55 Å². The summed E-state index contributed by atoms with van der Waals surface area (Å²) in [6, 6.07) is -0.157. The van der Waals surface area contributed by atoms with E-state index < -0.39 is 21.1 Å². The predicted molar refractivity (Wildman–Crippen MR) is 67.3 cm³/mol. The number of aromatic carboxylic acids is 1. The van der Waals surface area contributed by atoms with Crippen molar-refractivity contribution >= 4 is 15.8 Å². The van der Waals surface area contributed by atoms with Crippen LogP contribution in [0.25, 0.3) is 0 Å². The zero-order valence-electron chi connectivity index (χ0n) is 10.9. The first-order valence-corrected chi connectivity index (χ1v) is 7.39. The van der Waals surface area contributed by atoms with E-state index >= 15 is 0 Å². The van der Waals surface area contributed by atoms with E-state index in [1.165, 1.54) is 10.8 Å². The fourth-order valence-corrected chi connectivity index (χ4v) is 2.49. The molecule has 0 radical (unpaired) electrons. The molecule has 0 aliphatic heterocycles. The summed E-state index contributed by atoms with van der Waals surface area (Å²) in [4.78, 5) is 15.0.